The third kappa shape index (κ3) is 4.45. The van der Waals surface area contributed by atoms with E-state index in [1.807, 2.05) is 0 Å². The Morgan fingerprint density at radius 1 is 1.44 bits per heavy atom. The van der Waals surface area contributed by atoms with Gasteiger partial charge in [-0.15, -0.1) is 0 Å². The van der Waals surface area contributed by atoms with Crippen LogP contribution in [0.2, 0.25) is 0 Å². The third-order valence-electron chi connectivity index (χ3n) is 2.58. The summed E-state index contributed by atoms with van der Waals surface area (Å²) in [5.41, 5.74) is 0.640. The zero-order valence-corrected chi connectivity index (χ0v) is 10.5. The molecule has 5 heteroatoms. The summed E-state index contributed by atoms with van der Waals surface area (Å²) in [4.78, 5) is 22.2. The van der Waals surface area contributed by atoms with Crippen LogP contribution in [-0.2, 0) is 9.59 Å². The van der Waals surface area contributed by atoms with Gasteiger partial charge in [0.25, 0.3) is 0 Å². The summed E-state index contributed by atoms with van der Waals surface area (Å²) in [5, 5.41) is 11.3. The Labute approximate surface area is 106 Å². The van der Waals surface area contributed by atoms with Gasteiger partial charge >= 0.3 is 5.97 Å². The highest BCUT2D eigenvalue weighted by Gasteiger charge is 2.14. The van der Waals surface area contributed by atoms with Crippen molar-refractivity contribution in [1.29, 1.82) is 0 Å². The van der Waals surface area contributed by atoms with Gasteiger partial charge in [0.1, 0.15) is 5.75 Å². The Hall–Kier alpha value is -2.04. The molecule has 0 radical (unpaired) electrons. The highest BCUT2D eigenvalue weighted by atomic mass is 16.5. The van der Waals surface area contributed by atoms with Gasteiger partial charge in [-0.05, 0) is 18.6 Å². The molecule has 0 aliphatic carbocycles. The van der Waals surface area contributed by atoms with Crippen molar-refractivity contribution in [3.63, 3.8) is 0 Å². The van der Waals surface area contributed by atoms with Crippen molar-refractivity contribution in [2.75, 3.05) is 12.4 Å². The number of amides is 1. The predicted octanol–water partition coefficient (Wildman–Crippen LogP) is 2.13. The molecule has 18 heavy (non-hydrogen) atoms. The van der Waals surface area contributed by atoms with Crippen LogP contribution in [0.15, 0.2) is 24.3 Å². The molecule has 1 atom stereocenters. The number of ether oxygens (including phenoxy) is 1. The van der Waals surface area contributed by atoms with Crippen molar-refractivity contribution in [3.8, 4) is 5.75 Å². The molecule has 2 N–H and O–H groups in total. The minimum absolute atomic E-state index is 0.00724. The minimum Gasteiger partial charge on any atom is -0.497 e. The smallest absolute Gasteiger partial charge is 0.303 e. The lowest BCUT2D eigenvalue weighted by Gasteiger charge is -2.11. The monoisotopic (exact) mass is 251 g/mol. The lowest BCUT2D eigenvalue weighted by molar-refractivity contribution is -0.137. The third-order valence-corrected chi connectivity index (χ3v) is 2.58. The molecule has 0 aliphatic rings. The number of anilines is 1. The van der Waals surface area contributed by atoms with E-state index in [4.69, 9.17) is 9.84 Å². The molecule has 0 fully saturated rings. The first-order valence-electron chi connectivity index (χ1n) is 5.69. The highest BCUT2D eigenvalue weighted by Crippen LogP contribution is 2.18. The molecule has 1 rings (SSSR count). The van der Waals surface area contributed by atoms with Gasteiger partial charge in [-0.25, -0.2) is 0 Å². The summed E-state index contributed by atoms with van der Waals surface area (Å²) in [5.74, 6) is -0.765. The van der Waals surface area contributed by atoms with E-state index in [0.29, 0.717) is 17.9 Å². The van der Waals surface area contributed by atoms with Crippen molar-refractivity contribution < 1.29 is 19.4 Å². The van der Waals surface area contributed by atoms with Gasteiger partial charge in [-0.1, -0.05) is 13.0 Å². The number of carboxylic acids is 1. The fraction of sp³-hybridized carbons (Fsp3) is 0.385. The normalized spacial score (nSPS) is 11.7. The zero-order valence-electron chi connectivity index (χ0n) is 10.5. The lowest BCUT2D eigenvalue weighted by Crippen LogP contribution is -2.21. The van der Waals surface area contributed by atoms with E-state index in [-0.39, 0.29) is 18.2 Å². The van der Waals surface area contributed by atoms with Crippen LogP contribution in [0.3, 0.4) is 0 Å². The lowest BCUT2D eigenvalue weighted by atomic mass is 10.0. The van der Waals surface area contributed by atoms with E-state index in [1.54, 1.807) is 38.3 Å². The second-order valence-corrected chi connectivity index (χ2v) is 4.05. The first-order valence-corrected chi connectivity index (χ1v) is 5.69. The second kappa shape index (κ2) is 6.64. The molecule has 5 nitrogen and oxygen atoms in total. The van der Waals surface area contributed by atoms with Gasteiger partial charge in [0.15, 0.2) is 0 Å². The number of carboxylic acid groups (broad SMARTS) is 1. The Morgan fingerprint density at radius 3 is 2.78 bits per heavy atom. The highest BCUT2D eigenvalue weighted by molar-refractivity contribution is 5.92. The SMILES string of the molecule is COc1cccc(NC(=O)C(C)CCC(=O)O)c1. The summed E-state index contributed by atoms with van der Waals surface area (Å²) in [6.45, 7) is 1.71. The number of hydrogen-bond donors (Lipinski definition) is 2. The number of methoxy groups -OCH3 is 1. The van der Waals surface area contributed by atoms with Crippen LogP contribution < -0.4 is 10.1 Å². The van der Waals surface area contributed by atoms with E-state index >= 15 is 0 Å². The van der Waals surface area contributed by atoms with Crippen LogP contribution in [-0.4, -0.2) is 24.1 Å². The van der Waals surface area contributed by atoms with Gasteiger partial charge in [0, 0.05) is 24.1 Å². The summed E-state index contributed by atoms with van der Waals surface area (Å²) in [7, 11) is 1.55. The number of carbonyl (C=O) groups is 2. The van der Waals surface area contributed by atoms with Crippen LogP contribution in [0.25, 0.3) is 0 Å². The van der Waals surface area contributed by atoms with Crippen molar-refractivity contribution in [1.82, 2.24) is 0 Å². The Bertz CT molecular complexity index is 431. The molecule has 0 bridgehead atoms. The first-order chi connectivity index (χ1) is 8.52. The second-order valence-electron chi connectivity index (χ2n) is 4.05. The quantitative estimate of drug-likeness (QED) is 0.812. The topological polar surface area (TPSA) is 75.6 Å². The van der Waals surface area contributed by atoms with E-state index in [2.05, 4.69) is 5.32 Å². The summed E-state index contributed by atoms with van der Waals surface area (Å²) >= 11 is 0. The van der Waals surface area contributed by atoms with Crippen molar-refractivity contribution in [2.24, 2.45) is 5.92 Å². The maximum Gasteiger partial charge on any atom is 0.303 e. The average molecular weight is 251 g/mol. The molecule has 1 unspecified atom stereocenters. The van der Waals surface area contributed by atoms with Gasteiger partial charge in [-0.3, -0.25) is 9.59 Å². The molecule has 0 aromatic heterocycles. The summed E-state index contributed by atoms with van der Waals surface area (Å²) in [6, 6.07) is 7.02. The zero-order chi connectivity index (χ0) is 13.5. The van der Waals surface area contributed by atoms with Crippen LogP contribution in [0.5, 0.6) is 5.75 Å². The number of rotatable bonds is 6. The van der Waals surface area contributed by atoms with Crippen molar-refractivity contribution in [3.05, 3.63) is 24.3 Å². The fourth-order valence-corrected chi connectivity index (χ4v) is 1.44. The molecular formula is C13H17NO4. The fourth-order valence-electron chi connectivity index (χ4n) is 1.44. The summed E-state index contributed by atoms with van der Waals surface area (Å²) in [6.07, 6.45) is 0.317. The van der Waals surface area contributed by atoms with Crippen molar-refractivity contribution in [2.45, 2.75) is 19.8 Å². The molecule has 0 heterocycles. The Balaban J connectivity index is 2.55. The van der Waals surface area contributed by atoms with Crippen LogP contribution in [0.1, 0.15) is 19.8 Å². The largest absolute Gasteiger partial charge is 0.497 e. The molecular weight excluding hydrogens is 234 g/mol. The molecule has 98 valence electrons. The van der Waals surface area contributed by atoms with Crippen LogP contribution in [0, 0.1) is 5.92 Å². The molecule has 0 saturated heterocycles. The molecule has 0 saturated carbocycles. The predicted molar refractivity (Wildman–Crippen MR) is 67.7 cm³/mol. The first kappa shape index (κ1) is 14.0. The van der Waals surface area contributed by atoms with Gasteiger partial charge in [0.2, 0.25) is 5.91 Å². The number of aliphatic carboxylic acids is 1. The van der Waals surface area contributed by atoms with E-state index < -0.39 is 5.97 Å². The maximum atomic E-state index is 11.8. The van der Waals surface area contributed by atoms with Crippen LogP contribution in [0.4, 0.5) is 5.69 Å². The van der Waals surface area contributed by atoms with E-state index in [0.717, 1.165) is 0 Å². The number of nitrogens with one attached hydrogen (secondary N) is 1. The summed E-state index contributed by atoms with van der Waals surface area (Å²) < 4.78 is 5.05. The molecule has 0 aliphatic heterocycles. The molecule has 1 aromatic rings. The van der Waals surface area contributed by atoms with Gasteiger partial charge in [0.05, 0.1) is 7.11 Å². The molecule has 0 spiro atoms. The van der Waals surface area contributed by atoms with Crippen molar-refractivity contribution >= 4 is 17.6 Å². The average Bonchev–Trinajstić information content (AvgIpc) is 2.36. The van der Waals surface area contributed by atoms with Gasteiger partial charge in [-0.2, -0.15) is 0 Å². The Morgan fingerprint density at radius 2 is 2.17 bits per heavy atom. The molecule has 1 amide bonds. The maximum absolute atomic E-state index is 11.8. The van der Waals surface area contributed by atoms with Crippen LogP contribution >= 0.6 is 0 Å². The number of carbonyl (C=O) groups excluding carboxylic acids is 1. The molecule has 1 aromatic carbocycles. The standard InChI is InChI=1S/C13H17NO4/c1-9(6-7-12(15)16)13(17)14-10-4-3-5-11(8-10)18-2/h3-5,8-9H,6-7H2,1-2H3,(H,14,17)(H,15,16). The number of hydrogen-bond acceptors (Lipinski definition) is 3. The van der Waals surface area contributed by atoms with E-state index in [9.17, 15) is 9.59 Å². The minimum atomic E-state index is -0.893. The van der Waals surface area contributed by atoms with Gasteiger partial charge < -0.3 is 15.2 Å². The number of benzene rings is 1. The Kier molecular flexibility index (Phi) is 5.17. The van der Waals surface area contributed by atoms with E-state index in [1.165, 1.54) is 0 Å².